The summed E-state index contributed by atoms with van der Waals surface area (Å²) in [6.07, 6.45) is 0.257. The molecule has 148 valence electrons. The highest BCUT2D eigenvalue weighted by molar-refractivity contribution is 6.01. The first-order valence-corrected chi connectivity index (χ1v) is 9.49. The summed E-state index contributed by atoms with van der Waals surface area (Å²) in [7, 11) is 0. The fraction of sp³-hybridized carbons (Fsp3) is 0.348. The average Bonchev–Trinajstić information content (AvgIpc) is 2.64. The van der Waals surface area contributed by atoms with Gasteiger partial charge in [0.25, 0.3) is 0 Å². The van der Waals surface area contributed by atoms with Crippen molar-refractivity contribution in [2.24, 2.45) is 5.92 Å². The highest BCUT2D eigenvalue weighted by Crippen LogP contribution is 2.21. The quantitative estimate of drug-likeness (QED) is 0.677. The fourth-order valence-corrected chi connectivity index (χ4v) is 2.73. The molecule has 0 fully saturated rings. The monoisotopic (exact) mass is 380 g/mol. The first kappa shape index (κ1) is 21.4. The summed E-state index contributed by atoms with van der Waals surface area (Å²) in [6, 6.07) is 11.1. The Morgan fingerprint density at radius 3 is 2.21 bits per heavy atom. The van der Waals surface area contributed by atoms with E-state index in [0.29, 0.717) is 16.9 Å². The molecule has 0 aliphatic rings. The van der Waals surface area contributed by atoms with Gasteiger partial charge in [-0.2, -0.15) is 0 Å². The van der Waals surface area contributed by atoms with Crippen molar-refractivity contribution in [1.82, 2.24) is 0 Å². The summed E-state index contributed by atoms with van der Waals surface area (Å²) in [5.41, 5.74) is 4.76. The first-order valence-electron chi connectivity index (χ1n) is 9.49. The summed E-state index contributed by atoms with van der Waals surface area (Å²) < 4.78 is 0. The van der Waals surface area contributed by atoms with Gasteiger partial charge in [-0.05, 0) is 50.1 Å². The minimum Gasteiger partial charge on any atom is -0.326 e. The first-order chi connectivity index (χ1) is 13.2. The molecule has 5 heteroatoms. The van der Waals surface area contributed by atoms with Crippen LogP contribution in [0, 0.1) is 26.7 Å². The lowest BCUT2D eigenvalue weighted by molar-refractivity contribution is -0.119. The molecule has 0 saturated carbocycles. The lowest BCUT2D eigenvalue weighted by Crippen LogP contribution is -2.18. The molecule has 0 heterocycles. The Bertz CT molecular complexity index is 901. The van der Waals surface area contributed by atoms with E-state index < -0.39 is 0 Å². The molecule has 2 amide bonds. The van der Waals surface area contributed by atoms with Gasteiger partial charge in [-0.1, -0.05) is 37.6 Å². The molecule has 2 N–H and O–H groups in total. The van der Waals surface area contributed by atoms with Crippen molar-refractivity contribution in [3.8, 4) is 0 Å². The van der Waals surface area contributed by atoms with Crippen molar-refractivity contribution in [3.63, 3.8) is 0 Å². The summed E-state index contributed by atoms with van der Waals surface area (Å²) in [6.45, 7) is 9.35. The van der Waals surface area contributed by atoms with E-state index >= 15 is 0 Å². The van der Waals surface area contributed by atoms with Gasteiger partial charge in [0, 0.05) is 35.7 Å². The van der Waals surface area contributed by atoms with Gasteiger partial charge < -0.3 is 10.6 Å². The zero-order valence-corrected chi connectivity index (χ0v) is 17.2. The van der Waals surface area contributed by atoms with Crippen LogP contribution in [0.5, 0.6) is 0 Å². The van der Waals surface area contributed by atoms with E-state index in [0.717, 1.165) is 16.7 Å². The molecule has 0 saturated heterocycles. The van der Waals surface area contributed by atoms with Gasteiger partial charge in [-0.15, -0.1) is 0 Å². The molecule has 2 aromatic rings. The third-order valence-electron chi connectivity index (χ3n) is 4.58. The van der Waals surface area contributed by atoms with Crippen LogP contribution >= 0.6 is 0 Å². The minimum absolute atomic E-state index is 0.0361. The van der Waals surface area contributed by atoms with Crippen LogP contribution in [0.3, 0.4) is 0 Å². The van der Waals surface area contributed by atoms with E-state index in [4.69, 9.17) is 0 Å². The molecular formula is C23H28N2O3. The third kappa shape index (κ3) is 5.78. The summed E-state index contributed by atoms with van der Waals surface area (Å²) in [5, 5.41) is 5.66. The maximum absolute atomic E-state index is 12.5. The molecule has 0 bridgehead atoms. The number of ketones is 1. The number of nitrogens with one attached hydrogen (secondary N) is 2. The van der Waals surface area contributed by atoms with Crippen molar-refractivity contribution in [3.05, 3.63) is 58.7 Å². The second kappa shape index (κ2) is 9.31. The Morgan fingerprint density at radius 2 is 1.54 bits per heavy atom. The number of anilines is 2. The zero-order valence-electron chi connectivity index (χ0n) is 17.2. The topological polar surface area (TPSA) is 75.3 Å². The maximum atomic E-state index is 12.5. The Hall–Kier alpha value is -2.95. The fourth-order valence-electron chi connectivity index (χ4n) is 2.73. The number of hydrogen-bond donors (Lipinski definition) is 2. The minimum atomic E-state index is -0.228. The molecule has 0 aliphatic carbocycles. The van der Waals surface area contributed by atoms with Crippen LogP contribution in [-0.2, 0) is 9.59 Å². The van der Waals surface area contributed by atoms with Crippen molar-refractivity contribution < 1.29 is 14.4 Å². The van der Waals surface area contributed by atoms with E-state index in [1.807, 2.05) is 58.9 Å². The molecule has 0 unspecified atom stereocenters. The number of hydrogen-bond acceptors (Lipinski definition) is 3. The molecule has 0 aromatic heterocycles. The molecule has 0 aliphatic heterocycles. The summed E-state index contributed by atoms with van der Waals surface area (Å²) in [4.78, 5) is 36.7. The van der Waals surface area contributed by atoms with Gasteiger partial charge in [0.1, 0.15) is 0 Å². The lowest BCUT2D eigenvalue weighted by Gasteiger charge is -2.13. The molecule has 0 atom stereocenters. The lowest BCUT2D eigenvalue weighted by atomic mass is 9.99. The summed E-state index contributed by atoms with van der Waals surface area (Å²) >= 11 is 0. The number of benzene rings is 2. The van der Waals surface area contributed by atoms with Crippen molar-refractivity contribution in [1.29, 1.82) is 0 Å². The molecule has 0 radical (unpaired) electrons. The van der Waals surface area contributed by atoms with Crippen LogP contribution in [0.2, 0.25) is 0 Å². The van der Waals surface area contributed by atoms with Gasteiger partial charge in [0.15, 0.2) is 5.78 Å². The second-order valence-corrected chi connectivity index (χ2v) is 7.46. The smallest absolute Gasteiger partial charge is 0.226 e. The number of amides is 2. The van der Waals surface area contributed by atoms with Crippen LogP contribution in [0.4, 0.5) is 11.4 Å². The van der Waals surface area contributed by atoms with E-state index in [1.165, 1.54) is 0 Å². The predicted molar refractivity (Wildman–Crippen MR) is 113 cm³/mol. The molecule has 0 spiro atoms. The van der Waals surface area contributed by atoms with Crippen LogP contribution in [0.15, 0.2) is 36.4 Å². The SMILES string of the molecule is Cc1ccc(C)c(C(=O)CCC(=O)Nc2cc(NC(=O)C(C)C)ccc2C)c1. The highest BCUT2D eigenvalue weighted by atomic mass is 16.2. The largest absolute Gasteiger partial charge is 0.326 e. The van der Waals surface area contributed by atoms with E-state index in [2.05, 4.69) is 10.6 Å². The molecule has 5 nitrogen and oxygen atoms in total. The molecule has 2 rings (SSSR count). The number of carbonyl (C=O) groups excluding carboxylic acids is 3. The van der Waals surface area contributed by atoms with Crippen LogP contribution in [0.25, 0.3) is 0 Å². The highest BCUT2D eigenvalue weighted by Gasteiger charge is 2.13. The molecular weight excluding hydrogens is 352 g/mol. The average molecular weight is 380 g/mol. The standard InChI is InChI=1S/C23H28N2O3/c1-14(2)23(28)24-18-9-8-17(5)20(13-18)25-22(27)11-10-21(26)19-12-15(3)6-7-16(19)4/h6-9,12-14H,10-11H2,1-5H3,(H,24,28)(H,25,27). The number of Topliss-reactive ketones (excluding diaryl/α,β-unsaturated/α-hetero) is 1. The Balaban J connectivity index is 2.00. The van der Waals surface area contributed by atoms with E-state index in [-0.39, 0.29) is 36.4 Å². The van der Waals surface area contributed by atoms with Gasteiger partial charge in [-0.3, -0.25) is 14.4 Å². The Labute approximate surface area is 166 Å². The molecule has 28 heavy (non-hydrogen) atoms. The van der Waals surface area contributed by atoms with E-state index in [1.54, 1.807) is 12.1 Å². The number of rotatable bonds is 7. The Kier molecular flexibility index (Phi) is 7.10. The van der Waals surface area contributed by atoms with Crippen molar-refractivity contribution >= 4 is 29.0 Å². The maximum Gasteiger partial charge on any atom is 0.226 e. The van der Waals surface area contributed by atoms with Crippen LogP contribution in [-0.4, -0.2) is 17.6 Å². The van der Waals surface area contributed by atoms with Crippen molar-refractivity contribution in [2.45, 2.75) is 47.5 Å². The van der Waals surface area contributed by atoms with Gasteiger partial charge >= 0.3 is 0 Å². The zero-order chi connectivity index (χ0) is 20.8. The van der Waals surface area contributed by atoms with Gasteiger partial charge in [0.05, 0.1) is 0 Å². The Morgan fingerprint density at radius 1 is 0.857 bits per heavy atom. The van der Waals surface area contributed by atoms with Crippen molar-refractivity contribution in [2.75, 3.05) is 10.6 Å². The number of aryl methyl sites for hydroxylation is 3. The normalized spacial score (nSPS) is 10.6. The second-order valence-electron chi connectivity index (χ2n) is 7.46. The van der Waals surface area contributed by atoms with Crippen LogP contribution < -0.4 is 10.6 Å². The van der Waals surface area contributed by atoms with Crippen LogP contribution in [0.1, 0.15) is 53.7 Å². The van der Waals surface area contributed by atoms with Gasteiger partial charge in [0.2, 0.25) is 11.8 Å². The molecule has 2 aromatic carbocycles. The summed E-state index contributed by atoms with van der Waals surface area (Å²) in [5.74, 6) is -0.476. The van der Waals surface area contributed by atoms with Gasteiger partial charge in [-0.25, -0.2) is 0 Å². The number of carbonyl (C=O) groups is 3. The predicted octanol–water partition coefficient (Wildman–Crippen LogP) is 4.81. The van der Waals surface area contributed by atoms with E-state index in [9.17, 15) is 14.4 Å². The third-order valence-corrected chi connectivity index (χ3v) is 4.58.